The van der Waals surface area contributed by atoms with Gasteiger partial charge in [-0.05, 0) is 30.7 Å². The minimum atomic E-state index is -3.84. The van der Waals surface area contributed by atoms with E-state index in [1.165, 1.54) is 7.11 Å². The Kier molecular flexibility index (Phi) is 5.28. The van der Waals surface area contributed by atoms with Crippen molar-refractivity contribution < 1.29 is 17.9 Å². The van der Waals surface area contributed by atoms with Crippen molar-refractivity contribution in [3.05, 3.63) is 29.3 Å². The van der Waals surface area contributed by atoms with E-state index in [-0.39, 0.29) is 6.04 Å². The van der Waals surface area contributed by atoms with Crippen molar-refractivity contribution in [2.75, 3.05) is 11.8 Å². The molecule has 1 aliphatic heterocycles. The standard InChI is InChI=1S/C13H18ClN3O4S/c1-3-10-11(13(18)21-2)12(16-15-10)22(19,20)17-9-6-4-8(14)5-7-9/h4-7,10-12,15-17H,3H2,1-2H3. The van der Waals surface area contributed by atoms with Crippen LogP contribution in [0.25, 0.3) is 0 Å². The van der Waals surface area contributed by atoms with Crippen LogP contribution in [0.2, 0.25) is 5.02 Å². The zero-order chi connectivity index (χ0) is 16.3. The van der Waals surface area contributed by atoms with Gasteiger partial charge in [0.05, 0.1) is 7.11 Å². The summed E-state index contributed by atoms with van der Waals surface area (Å²) in [6, 6.07) is 5.93. The molecule has 0 radical (unpaired) electrons. The number of ether oxygens (including phenoxy) is 1. The molecule has 1 aromatic rings. The molecule has 3 N–H and O–H groups in total. The lowest BCUT2D eigenvalue weighted by atomic mass is 10.00. The highest BCUT2D eigenvalue weighted by Crippen LogP contribution is 2.25. The van der Waals surface area contributed by atoms with Crippen molar-refractivity contribution in [1.29, 1.82) is 0 Å². The second-order valence-electron chi connectivity index (χ2n) is 4.93. The lowest BCUT2D eigenvalue weighted by Crippen LogP contribution is -2.44. The number of hydrogen-bond donors (Lipinski definition) is 3. The first-order chi connectivity index (χ1) is 10.4. The summed E-state index contributed by atoms with van der Waals surface area (Å²) in [6.07, 6.45) is 0.583. The summed E-state index contributed by atoms with van der Waals surface area (Å²) in [5.74, 6) is -1.41. The van der Waals surface area contributed by atoms with Crippen LogP contribution in [-0.2, 0) is 19.6 Å². The van der Waals surface area contributed by atoms with Gasteiger partial charge in [0.1, 0.15) is 5.92 Å². The van der Waals surface area contributed by atoms with Crippen LogP contribution >= 0.6 is 11.6 Å². The number of rotatable bonds is 5. The summed E-state index contributed by atoms with van der Waals surface area (Å²) in [5.41, 5.74) is 5.87. The van der Waals surface area contributed by atoms with Gasteiger partial charge in [-0.2, -0.15) is 0 Å². The lowest BCUT2D eigenvalue weighted by molar-refractivity contribution is -0.145. The van der Waals surface area contributed by atoms with Crippen molar-refractivity contribution in [2.24, 2.45) is 5.92 Å². The molecule has 0 aromatic heterocycles. The minimum absolute atomic E-state index is 0.320. The predicted octanol–water partition coefficient (Wildman–Crippen LogP) is 1.08. The average Bonchev–Trinajstić information content (AvgIpc) is 2.93. The summed E-state index contributed by atoms with van der Waals surface area (Å²) in [5, 5.41) is -0.623. The van der Waals surface area contributed by atoms with Gasteiger partial charge in [0.2, 0.25) is 0 Å². The molecule has 1 aliphatic rings. The number of halogens is 1. The van der Waals surface area contributed by atoms with E-state index in [0.717, 1.165) is 0 Å². The second-order valence-corrected chi connectivity index (χ2v) is 7.17. The fourth-order valence-corrected chi connectivity index (χ4v) is 4.00. The maximum Gasteiger partial charge on any atom is 0.313 e. The number of carbonyl (C=O) groups is 1. The largest absolute Gasteiger partial charge is 0.469 e. The Morgan fingerprint density at radius 2 is 1.95 bits per heavy atom. The molecule has 0 saturated carbocycles. The van der Waals surface area contributed by atoms with Crippen LogP contribution in [0.5, 0.6) is 0 Å². The molecule has 22 heavy (non-hydrogen) atoms. The highest BCUT2D eigenvalue weighted by atomic mass is 35.5. The third kappa shape index (κ3) is 3.52. The smallest absolute Gasteiger partial charge is 0.313 e. The lowest BCUT2D eigenvalue weighted by Gasteiger charge is -2.20. The number of benzene rings is 1. The third-order valence-corrected chi connectivity index (χ3v) is 5.37. The van der Waals surface area contributed by atoms with E-state index in [9.17, 15) is 13.2 Å². The van der Waals surface area contributed by atoms with E-state index in [2.05, 4.69) is 15.6 Å². The number of hydrazine groups is 1. The molecule has 1 fully saturated rings. The van der Waals surface area contributed by atoms with Crippen LogP contribution in [0.1, 0.15) is 13.3 Å². The Bertz CT molecular complexity index is 635. The molecule has 7 nitrogen and oxygen atoms in total. The topological polar surface area (TPSA) is 96.5 Å². The fourth-order valence-electron chi connectivity index (χ4n) is 2.38. The molecule has 0 aliphatic carbocycles. The Labute approximate surface area is 134 Å². The van der Waals surface area contributed by atoms with E-state index in [0.29, 0.717) is 17.1 Å². The molecule has 9 heteroatoms. The molecule has 3 unspecified atom stereocenters. The maximum absolute atomic E-state index is 12.5. The van der Waals surface area contributed by atoms with E-state index in [1.54, 1.807) is 24.3 Å². The van der Waals surface area contributed by atoms with Gasteiger partial charge in [0.15, 0.2) is 5.37 Å². The first kappa shape index (κ1) is 17.0. The van der Waals surface area contributed by atoms with Crippen LogP contribution in [0, 0.1) is 5.92 Å². The van der Waals surface area contributed by atoms with Gasteiger partial charge in [-0.15, -0.1) is 0 Å². The van der Waals surface area contributed by atoms with Crippen LogP contribution in [0.3, 0.4) is 0 Å². The first-order valence-electron chi connectivity index (χ1n) is 6.75. The van der Waals surface area contributed by atoms with Gasteiger partial charge < -0.3 is 4.74 Å². The zero-order valence-electron chi connectivity index (χ0n) is 12.2. The molecule has 122 valence electrons. The zero-order valence-corrected chi connectivity index (χ0v) is 13.7. The van der Waals surface area contributed by atoms with E-state index in [1.807, 2.05) is 6.92 Å². The Hall–Kier alpha value is -1.35. The summed E-state index contributed by atoms with van der Waals surface area (Å²) in [7, 11) is -2.60. The number of anilines is 1. The molecule has 3 atom stereocenters. The van der Waals surface area contributed by atoms with Crippen LogP contribution in [0.4, 0.5) is 5.69 Å². The Morgan fingerprint density at radius 1 is 1.32 bits per heavy atom. The van der Waals surface area contributed by atoms with Gasteiger partial charge in [-0.3, -0.25) is 14.9 Å². The van der Waals surface area contributed by atoms with Crippen molar-refractivity contribution in [3.63, 3.8) is 0 Å². The first-order valence-corrected chi connectivity index (χ1v) is 8.67. The maximum atomic E-state index is 12.5. The third-order valence-electron chi connectivity index (χ3n) is 3.52. The SMILES string of the molecule is CCC1NNC(S(=O)(=O)Nc2ccc(Cl)cc2)C1C(=O)OC. The van der Waals surface area contributed by atoms with Crippen molar-refractivity contribution in [1.82, 2.24) is 10.9 Å². The number of sulfonamides is 1. The number of methoxy groups -OCH3 is 1. The van der Waals surface area contributed by atoms with Crippen LogP contribution in [-0.4, -0.2) is 32.9 Å². The molecule has 0 amide bonds. The monoisotopic (exact) mass is 347 g/mol. The molecular formula is C13H18ClN3O4S. The van der Waals surface area contributed by atoms with Crippen molar-refractivity contribution in [2.45, 2.75) is 24.8 Å². The van der Waals surface area contributed by atoms with E-state index in [4.69, 9.17) is 16.3 Å². The van der Waals surface area contributed by atoms with Crippen molar-refractivity contribution >= 4 is 33.3 Å². The highest BCUT2D eigenvalue weighted by Gasteiger charge is 2.47. The van der Waals surface area contributed by atoms with Gasteiger partial charge in [-0.25, -0.2) is 13.8 Å². The van der Waals surface area contributed by atoms with Crippen LogP contribution < -0.4 is 15.6 Å². The number of nitrogens with one attached hydrogen (secondary N) is 3. The van der Waals surface area contributed by atoms with E-state index < -0.39 is 27.3 Å². The summed E-state index contributed by atoms with van der Waals surface area (Å²) in [6.45, 7) is 1.86. The highest BCUT2D eigenvalue weighted by molar-refractivity contribution is 7.93. The van der Waals surface area contributed by atoms with Crippen molar-refractivity contribution in [3.8, 4) is 0 Å². The van der Waals surface area contributed by atoms with Gasteiger partial charge >= 0.3 is 5.97 Å². The fraction of sp³-hybridized carbons (Fsp3) is 0.462. The minimum Gasteiger partial charge on any atom is -0.469 e. The Balaban J connectivity index is 2.23. The van der Waals surface area contributed by atoms with Gasteiger partial charge in [0, 0.05) is 16.8 Å². The van der Waals surface area contributed by atoms with Crippen LogP contribution in [0.15, 0.2) is 24.3 Å². The molecule has 1 aromatic carbocycles. The molecule has 0 bridgehead atoms. The van der Waals surface area contributed by atoms with Gasteiger partial charge in [0.25, 0.3) is 10.0 Å². The average molecular weight is 348 g/mol. The molecule has 1 heterocycles. The van der Waals surface area contributed by atoms with Gasteiger partial charge in [-0.1, -0.05) is 18.5 Å². The molecule has 2 rings (SSSR count). The quantitative estimate of drug-likeness (QED) is 0.690. The Morgan fingerprint density at radius 3 is 2.50 bits per heavy atom. The number of carbonyl (C=O) groups excluding carboxylic acids is 1. The van der Waals surface area contributed by atoms with E-state index >= 15 is 0 Å². The number of esters is 1. The molecular weight excluding hydrogens is 330 g/mol. The predicted molar refractivity (Wildman–Crippen MR) is 83.6 cm³/mol. The normalized spacial score (nSPS) is 25.0. The summed E-state index contributed by atoms with van der Waals surface area (Å²) >= 11 is 5.77. The molecule has 1 saturated heterocycles. The second kappa shape index (κ2) is 6.82. The molecule has 0 spiro atoms. The number of hydrogen-bond acceptors (Lipinski definition) is 6. The summed E-state index contributed by atoms with van der Waals surface area (Å²) in [4.78, 5) is 11.9. The summed E-state index contributed by atoms with van der Waals surface area (Å²) < 4.78 is 32.2.